The summed E-state index contributed by atoms with van der Waals surface area (Å²) >= 11 is 0. The Morgan fingerprint density at radius 1 is 1.62 bits per heavy atom. The van der Waals surface area contributed by atoms with Crippen molar-refractivity contribution in [3.05, 3.63) is 0 Å². The Balaban J connectivity index is 3.29. The van der Waals surface area contributed by atoms with Crippen molar-refractivity contribution in [2.75, 3.05) is 6.61 Å². The number of rotatable bonds is 3. The average molecular weight is 117 g/mol. The summed E-state index contributed by atoms with van der Waals surface area (Å²) in [5.74, 6) is 0.444. The number of aliphatic hydroxyl groups excluding tert-OH is 1. The molecular formula is C6H15NO. The molecule has 0 bridgehead atoms. The lowest BCUT2D eigenvalue weighted by molar-refractivity contribution is 0.230. The quantitative estimate of drug-likeness (QED) is 0.560. The lowest BCUT2D eigenvalue weighted by Gasteiger charge is -2.14. The van der Waals surface area contributed by atoms with Crippen molar-refractivity contribution in [1.82, 2.24) is 0 Å². The molecule has 0 spiro atoms. The molecule has 0 fully saturated rings. The fraction of sp³-hybridized carbons (Fsp3) is 1.00. The summed E-state index contributed by atoms with van der Waals surface area (Å²) in [7, 11) is 0. The first-order valence-electron chi connectivity index (χ1n) is 3.08. The van der Waals surface area contributed by atoms with Crippen LogP contribution in [0.4, 0.5) is 0 Å². The average Bonchev–Trinajstić information content (AvgIpc) is 1.84. The summed E-state index contributed by atoms with van der Waals surface area (Å²) in [6.07, 6.45) is 1.04. The van der Waals surface area contributed by atoms with E-state index in [1.54, 1.807) is 0 Å². The Bertz CT molecular complexity index is 48.5. The lowest BCUT2D eigenvalue weighted by atomic mass is 10.0. The van der Waals surface area contributed by atoms with Crippen LogP contribution >= 0.6 is 0 Å². The molecule has 2 nitrogen and oxygen atoms in total. The van der Waals surface area contributed by atoms with Gasteiger partial charge in [-0.1, -0.05) is 20.3 Å². The largest absolute Gasteiger partial charge is 0.395 e. The van der Waals surface area contributed by atoms with E-state index < -0.39 is 0 Å². The Labute approximate surface area is 50.7 Å². The molecule has 0 radical (unpaired) electrons. The maximum absolute atomic E-state index is 8.51. The van der Waals surface area contributed by atoms with Gasteiger partial charge in [0.25, 0.3) is 0 Å². The third kappa shape index (κ3) is 2.28. The number of hydrogen-bond acceptors (Lipinski definition) is 2. The van der Waals surface area contributed by atoms with Crippen molar-refractivity contribution in [3.63, 3.8) is 0 Å². The van der Waals surface area contributed by atoms with Crippen LogP contribution in [0.25, 0.3) is 0 Å². The van der Waals surface area contributed by atoms with Gasteiger partial charge in [-0.3, -0.25) is 0 Å². The van der Waals surface area contributed by atoms with Crippen LogP contribution in [0.15, 0.2) is 0 Å². The second kappa shape index (κ2) is 3.87. The monoisotopic (exact) mass is 117 g/mol. The Morgan fingerprint density at radius 2 is 2.12 bits per heavy atom. The zero-order valence-corrected chi connectivity index (χ0v) is 5.59. The molecule has 8 heavy (non-hydrogen) atoms. The molecule has 2 atom stereocenters. The van der Waals surface area contributed by atoms with E-state index in [1.807, 2.05) is 6.92 Å². The summed E-state index contributed by atoms with van der Waals surface area (Å²) in [4.78, 5) is 0. The summed E-state index contributed by atoms with van der Waals surface area (Å²) < 4.78 is 0. The van der Waals surface area contributed by atoms with Gasteiger partial charge >= 0.3 is 0 Å². The van der Waals surface area contributed by atoms with Gasteiger partial charge < -0.3 is 10.8 Å². The molecule has 2 unspecified atom stereocenters. The van der Waals surface area contributed by atoms with Crippen molar-refractivity contribution < 1.29 is 5.11 Å². The number of hydrogen-bond donors (Lipinski definition) is 2. The zero-order chi connectivity index (χ0) is 6.57. The first-order valence-corrected chi connectivity index (χ1v) is 3.08. The topological polar surface area (TPSA) is 46.2 Å². The van der Waals surface area contributed by atoms with E-state index >= 15 is 0 Å². The normalized spacial score (nSPS) is 18.0. The molecule has 0 aromatic heterocycles. The van der Waals surface area contributed by atoms with E-state index in [0.717, 1.165) is 6.42 Å². The molecule has 0 amide bonds. The molecule has 0 saturated carbocycles. The standard InChI is InChI=1S/C6H15NO/c1-3-5(2)6(7)4-8/h5-6,8H,3-4,7H2,1-2H3. The molecule has 0 aliphatic heterocycles. The van der Waals surface area contributed by atoms with Crippen LogP contribution in [0.3, 0.4) is 0 Å². The van der Waals surface area contributed by atoms with Crippen molar-refractivity contribution in [1.29, 1.82) is 0 Å². The predicted molar refractivity (Wildman–Crippen MR) is 34.5 cm³/mol. The summed E-state index contributed by atoms with van der Waals surface area (Å²) in [5, 5.41) is 8.51. The fourth-order valence-electron chi connectivity index (χ4n) is 0.483. The van der Waals surface area contributed by atoms with Gasteiger partial charge in [-0.05, 0) is 5.92 Å². The van der Waals surface area contributed by atoms with E-state index in [4.69, 9.17) is 10.8 Å². The molecule has 0 aromatic carbocycles. The van der Waals surface area contributed by atoms with Gasteiger partial charge in [-0.2, -0.15) is 0 Å². The minimum atomic E-state index is -0.0278. The molecule has 0 aliphatic carbocycles. The van der Waals surface area contributed by atoms with Gasteiger partial charge in [0, 0.05) is 6.04 Å². The van der Waals surface area contributed by atoms with Gasteiger partial charge in [0.2, 0.25) is 0 Å². The number of aliphatic hydroxyl groups is 1. The van der Waals surface area contributed by atoms with Crippen molar-refractivity contribution in [3.8, 4) is 0 Å². The first-order chi connectivity index (χ1) is 3.72. The van der Waals surface area contributed by atoms with Gasteiger partial charge in [0.05, 0.1) is 6.61 Å². The smallest absolute Gasteiger partial charge is 0.0585 e. The van der Waals surface area contributed by atoms with E-state index in [1.165, 1.54) is 0 Å². The van der Waals surface area contributed by atoms with E-state index in [-0.39, 0.29) is 12.6 Å². The van der Waals surface area contributed by atoms with Crippen molar-refractivity contribution in [2.45, 2.75) is 26.3 Å². The van der Waals surface area contributed by atoms with Crippen LogP contribution in [0.5, 0.6) is 0 Å². The molecule has 0 heterocycles. The van der Waals surface area contributed by atoms with Crippen molar-refractivity contribution >= 4 is 0 Å². The molecular weight excluding hydrogens is 102 g/mol. The second-order valence-corrected chi connectivity index (χ2v) is 2.23. The van der Waals surface area contributed by atoms with E-state index in [2.05, 4.69) is 6.92 Å². The molecule has 0 aromatic rings. The maximum Gasteiger partial charge on any atom is 0.0585 e. The van der Waals surface area contributed by atoms with Crippen LogP contribution in [0.2, 0.25) is 0 Å². The van der Waals surface area contributed by atoms with Gasteiger partial charge in [0.1, 0.15) is 0 Å². The van der Waals surface area contributed by atoms with Crippen LogP contribution in [-0.4, -0.2) is 17.8 Å². The molecule has 0 aliphatic rings. The van der Waals surface area contributed by atoms with Crippen LogP contribution in [0, 0.1) is 5.92 Å². The summed E-state index contributed by atoms with van der Waals surface area (Å²) in [5.41, 5.74) is 5.48. The first kappa shape index (κ1) is 7.92. The summed E-state index contributed by atoms with van der Waals surface area (Å²) in [6, 6.07) is -0.0278. The highest BCUT2D eigenvalue weighted by molar-refractivity contribution is 4.64. The second-order valence-electron chi connectivity index (χ2n) is 2.23. The highest BCUT2D eigenvalue weighted by Crippen LogP contribution is 2.03. The lowest BCUT2D eigenvalue weighted by Crippen LogP contribution is -2.31. The number of nitrogens with two attached hydrogens (primary N) is 1. The third-order valence-electron chi connectivity index (χ3n) is 1.59. The molecule has 2 heteroatoms. The van der Waals surface area contributed by atoms with Crippen LogP contribution in [-0.2, 0) is 0 Å². The minimum Gasteiger partial charge on any atom is -0.395 e. The molecule has 0 rings (SSSR count). The van der Waals surface area contributed by atoms with E-state index in [9.17, 15) is 0 Å². The zero-order valence-electron chi connectivity index (χ0n) is 5.59. The molecule has 0 saturated heterocycles. The third-order valence-corrected chi connectivity index (χ3v) is 1.59. The van der Waals surface area contributed by atoms with Gasteiger partial charge in [-0.15, -0.1) is 0 Å². The van der Waals surface area contributed by atoms with Crippen LogP contribution in [0.1, 0.15) is 20.3 Å². The highest BCUT2D eigenvalue weighted by Gasteiger charge is 2.07. The maximum atomic E-state index is 8.51. The Hall–Kier alpha value is -0.0800. The predicted octanol–water partition coefficient (Wildman–Crippen LogP) is 0.352. The summed E-state index contributed by atoms with van der Waals surface area (Å²) in [6.45, 7) is 4.22. The van der Waals surface area contributed by atoms with Gasteiger partial charge in [0.15, 0.2) is 0 Å². The van der Waals surface area contributed by atoms with Gasteiger partial charge in [-0.25, -0.2) is 0 Å². The van der Waals surface area contributed by atoms with Crippen molar-refractivity contribution in [2.24, 2.45) is 11.7 Å². The SMILES string of the molecule is CCC(C)C(N)CO. The molecule has 50 valence electrons. The van der Waals surface area contributed by atoms with Crippen LogP contribution < -0.4 is 5.73 Å². The van der Waals surface area contributed by atoms with E-state index in [0.29, 0.717) is 5.92 Å². The Morgan fingerprint density at radius 3 is 2.25 bits per heavy atom. The molecule has 3 N–H and O–H groups in total. The minimum absolute atomic E-state index is 0.0278. The highest BCUT2D eigenvalue weighted by atomic mass is 16.3. The Kier molecular flexibility index (Phi) is 3.83. The fourth-order valence-corrected chi connectivity index (χ4v) is 0.483.